The van der Waals surface area contributed by atoms with Gasteiger partial charge in [0.1, 0.15) is 5.82 Å². The van der Waals surface area contributed by atoms with Gasteiger partial charge in [0.25, 0.3) is 0 Å². The molecule has 1 atom stereocenters. The first kappa shape index (κ1) is 15.9. The number of hydrogen-bond donors (Lipinski definition) is 2. The third kappa shape index (κ3) is 3.61. The SMILES string of the molecule is C[C@@H](NS(=O)(=O)c1cc(N)c(F)cc1Br)c1ccccc1. The largest absolute Gasteiger partial charge is 0.396 e. The summed E-state index contributed by atoms with van der Waals surface area (Å²) in [6, 6.07) is 10.9. The molecule has 0 aliphatic heterocycles. The van der Waals surface area contributed by atoms with Crippen molar-refractivity contribution in [2.45, 2.75) is 17.9 Å². The Morgan fingerprint density at radius 1 is 1.24 bits per heavy atom. The van der Waals surface area contributed by atoms with Crippen molar-refractivity contribution >= 4 is 31.6 Å². The molecule has 2 aromatic carbocycles. The Kier molecular flexibility index (Phi) is 4.65. The molecular formula is C14H14BrFN2O2S. The Balaban J connectivity index is 2.33. The third-order valence-electron chi connectivity index (χ3n) is 2.97. The summed E-state index contributed by atoms with van der Waals surface area (Å²) in [4.78, 5) is -0.0934. The average Bonchev–Trinajstić information content (AvgIpc) is 2.43. The first-order chi connectivity index (χ1) is 9.81. The molecule has 2 aromatic rings. The molecule has 21 heavy (non-hydrogen) atoms. The Hall–Kier alpha value is -1.44. The molecule has 7 heteroatoms. The highest BCUT2D eigenvalue weighted by Gasteiger charge is 2.22. The Bertz CT molecular complexity index is 751. The lowest BCUT2D eigenvalue weighted by Gasteiger charge is -2.16. The summed E-state index contributed by atoms with van der Waals surface area (Å²) in [5.74, 6) is -0.670. The maximum atomic E-state index is 13.3. The summed E-state index contributed by atoms with van der Waals surface area (Å²) in [5, 5.41) is 0. The van der Waals surface area contributed by atoms with E-state index in [1.54, 1.807) is 6.92 Å². The minimum atomic E-state index is -3.82. The van der Waals surface area contributed by atoms with Gasteiger partial charge in [0, 0.05) is 10.5 Å². The van der Waals surface area contributed by atoms with Crippen molar-refractivity contribution in [3.63, 3.8) is 0 Å². The number of benzene rings is 2. The van der Waals surface area contributed by atoms with Crippen molar-refractivity contribution < 1.29 is 12.8 Å². The summed E-state index contributed by atoms with van der Waals surface area (Å²) in [6.07, 6.45) is 0. The molecule has 0 aliphatic carbocycles. The van der Waals surface area contributed by atoms with E-state index >= 15 is 0 Å². The summed E-state index contributed by atoms with van der Waals surface area (Å²) in [6.45, 7) is 1.73. The molecule has 0 aromatic heterocycles. The van der Waals surface area contributed by atoms with Crippen LogP contribution in [0.3, 0.4) is 0 Å². The Morgan fingerprint density at radius 2 is 1.86 bits per heavy atom. The number of rotatable bonds is 4. The molecule has 3 N–H and O–H groups in total. The van der Waals surface area contributed by atoms with E-state index in [0.717, 1.165) is 17.7 Å². The molecule has 112 valence electrons. The van der Waals surface area contributed by atoms with E-state index in [9.17, 15) is 12.8 Å². The molecule has 0 heterocycles. The molecule has 0 bridgehead atoms. The van der Waals surface area contributed by atoms with E-state index in [-0.39, 0.29) is 15.1 Å². The zero-order valence-corrected chi connectivity index (χ0v) is 13.6. The number of nitrogen functional groups attached to an aromatic ring is 1. The standard InChI is InChI=1S/C14H14BrFN2O2S/c1-9(10-5-3-2-4-6-10)18-21(19,20)14-8-13(17)12(16)7-11(14)15/h2-9,18H,17H2,1H3/t9-/m1/s1. The minimum absolute atomic E-state index is 0.0934. The van der Waals surface area contributed by atoms with Gasteiger partial charge in [-0.3, -0.25) is 0 Å². The molecule has 0 spiro atoms. The summed E-state index contributed by atoms with van der Waals surface area (Å²) < 4.78 is 40.7. The highest BCUT2D eigenvalue weighted by Crippen LogP contribution is 2.27. The van der Waals surface area contributed by atoms with Crippen LogP contribution < -0.4 is 10.5 Å². The van der Waals surface area contributed by atoms with Gasteiger partial charge in [-0.05, 0) is 40.5 Å². The Morgan fingerprint density at radius 3 is 2.48 bits per heavy atom. The van der Waals surface area contributed by atoms with Gasteiger partial charge in [-0.2, -0.15) is 0 Å². The predicted molar refractivity (Wildman–Crippen MR) is 83.7 cm³/mol. The van der Waals surface area contributed by atoms with Crippen molar-refractivity contribution in [3.8, 4) is 0 Å². The monoisotopic (exact) mass is 372 g/mol. The van der Waals surface area contributed by atoms with E-state index in [4.69, 9.17) is 5.73 Å². The molecular weight excluding hydrogens is 359 g/mol. The van der Waals surface area contributed by atoms with Gasteiger partial charge in [0.05, 0.1) is 10.6 Å². The summed E-state index contributed by atoms with van der Waals surface area (Å²) in [7, 11) is -3.82. The number of nitrogens with two attached hydrogens (primary N) is 1. The number of sulfonamides is 1. The van der Waals surface area contributed by atoms with Gasteiger partial charge in [0.15, 0.2) is 0 Å². The van der Waals surface area contributed by atoms with Crippen molar-refractivity contribution in [1.82, 2.24) is 4.72 Å². The highest BCUT2D eigenvalue weighted by molar-refractivity contribution is 9.10. The fourth-order valence-electron chi connectivity index (χ4n) is 1.86. The number of halogens is 2. The molecule has 0 radical (unpaired) electrons. The van der Waals surface area contributed by atoms with Crippen molar-refractivity contribution in [1.29, 1.82) is 0 Å². The fraction of sp³-hybridized carbons (Fsp3) is 0.143. The van der Waals surface area contributed by atoms with Crippen LogP contribution in [0.2, 0.25) is 0 Å². The van der Waals surface area contributed by atoms with Crippen LogP contribution in [0.25, 0.3) is 0 Å². The van der Waals surface area contributed by atoms with Crippen LogP contribution in [0.4, 0.5) is 10.1 Å². The van der Waals surface area contributed by atoms with E-state index in [1.807, 2.05) is 30.3 Å². The maximum Gasteiger partial charge on any atom is 0.242 e. The molecule has 0 unspecified atom stereocenters. The van der Waals surface area contributed by atoms with Gasteiger partial charge >= 0.3 is 0 Å². The first-order valence-electron chi connectivity index (χ1n) is 6.13. The van der Waals surface area contributed by atoms with Crippen LogP contribution in [-0.2, 0) is 10.0 Å². The minimum Gasteiger partial charge on any atom is -0.396 e. The van der Waals surface area contributed by atoms with E-state index in [1.165, 1.54) is 0 Å². The van der Waals surface area contributed by atoms with E-state index < -0.39 is 21.9 Å². The smallest absolute Gasteiger partial charge is 0.242 e. The molecule has 0 saturated heterocycles. The lowest BCUT2D eigenvalue weighted by molar-refractivity contribution is 0.566. The van der Waals surface area contributed by atoms with Gasteiger partial charge in [-0.25, -0.2) is 17.5 Å². The molecule has 4 nitrogen and oxygen atoms in total. The van der Waals surface area contributed by atoms with Crippen LogP contribution in [-0.4, -0.2) is 8.42 Å². The van der Waals surface area contributed by atoms with Crippen LogP contribution in [0.1, 0.15) is 18.5 Å². The van der Waals surface area contributed by atoms with Crippen molar-refractivity contribution in [2.75, 3.05) is 5.73 Å². The first-order valence-corrected chi connectivity index (χ1v) is 8.40. The maximum absolute atomic E-state index is 13.3. The molecule has 2 rings (SSSR count). The fourth-order valence-corrected chi connectivity index (χ4v) is 4.14. The lowest BCUT2D eigenvalue weighted by atomic mass is 10.1. The number of hydrogen-bond acceptors (Lipinski definition) is 3. The normalized spacial score (nSPS) is 13.1. The van der Waals surface area contributed by atoms with Gasteiger partial charge in [-0.15, -0.1) is 0 Å². The zero-order chi connectivity index (χ0) is 15.6. The van der Waals surface area contributed by atoms with Gasteiger partial charge < -0.3 is 5.73 Å². The highest BCUT2D eigenvalue weighted by atomic mass is 79.9. The van der Waals surface area contributed by atoms with Crippen molar-refractivity contribution in [2.24, 2.45) is 0 Å². The van der Waals surface area contributed by atoms with Crippen LogP contribution in [0.15, 0.2) is 51.8 Å². The summed E-state index contributed by atoms with van der Waals surface area (Å²) >= 11 is 3.05. The predicted octanol–water partition coefficient (Wildman–Crippen LogP) is 3.21. The topological polar surface area (TPSA) is 72.2 Å². The van der Waals surface area contributed by atoms with Crippen LogP contribution >= 0.6 is 15.9 Å². The Labute approximate surface area is 131 Å². The quantitative estimate of drug-likeness (QED) is 0.809. The van der Waals surface area contributed by atoms with Crippen LogP contribution in [0.5, 0.6) is 0 Å². The molecule has 0 saturated carbocycles. The van der Waals surface area contributed by atoms with E-state index in [0.29, 0.717) is 0 Å². The molecule has 0 fully saturated rings. The lowest BCUT2D eigenvalue weighted by Crippen LogP contribution is -2.27. The second-order valence-electron chi connectivity index (χ2n) is 4.56. The van der Waals surface area contributed by atoms with Gasteiger partial charge in [0.2, 0.25) is 10.0 Å². The number of anilines is 1. The van der Waals surface area contributed by atoms with Gasteiger partial charge in [-0.1, -0.05) is 30.3 Å². The zero-order valence-electron chi connectivity index (χ0n) is 11.2. The van der Waals surface area contributed by atoms with E-state index in [2.05, 4.69) is 20.7 Å². The second-order valence-corrected chi connectivity index (χ2v) is 7.09. The third-order valence-corrected chi connectivity index (χ3v) is 5.47. The second kappa shape index (κ2) is 6.13. The average molecular weight is 373 g/mol. The molecule has 0 amide bonds. The summed E-state index contributed by atoms with van der Waals surface area (Å²) in [5.41, 5.74) is 6.05. The van der Waals surface area contributed by atoms with Crippen molar-refractivity contribution in [3.05, 3.63) is 58.3 Å². The van der Waals surface area contributed by atoms with Crippen LogP contribution in [0, 0.1) is 5.82 Å². The molecule has 0 aliphatic rings. The number of nitrogens with one attached hydrogen (secondary N) is 1.